The first kappa shape index (κ1) is 20.5. The second-order valence-electron chi connectivity index (χ2n) is 6.87. The van der Waals surface area contributed by atoms with E-state index in [2.05, 4.69) is 15.8 Å². The molecule has 9 heteroatoms. The number of carbonyl (C=O) groups is 2. The minimum atomic E-state index is -0.515. The third-order valence-corrected chi connectivity index (χ3v) is 5.63. The molecule has 0 aliphatic carbocycles. The number of fused-ring (bicyclic) bond motifs is 2. The van der Waals surface area contributed by atoms with Crippen LogP contribution in [0.5, 0.6) is 5.75 Å². The lowest BCUT2D eigenvalue weighted by atomic mass is 10.1. The molecule has 2 aromatic heterocycles. The van der Waals surface area contributed by atoms with Gasteiger partial charge >= 0.3 is 5.63 Å². The van der Waals surface area contributed by atoms with Gasteiger partial charge in [0.2, 0.25) is 5.91 Å². The van der Waals surface area contributed by atoms with Crippen LogP contribution in [0.1, 0.15) is 17.0 Å². The Bertz CT molecular complexity index is 1290. The highest BCUT2D eigenvalue weighted by atomic mass is 32.1. The van der Waals surface area contributed by atoms with Gasteiger partial charge in [-0.05, 0) is 36.8 Å². The van der Waals surface area contributed by atoms with E-state index in [4.69, 9.17) is 9.15 Å². The van der Waals surface area contributed by atoms with Crippen LogP contribution < -0.4 is 21.2 Å². The van der Waals surface area contributed by atoms with Crippen molar-refractivity contribution in [1.29, 1.82) is 0 Å². The first-order valence-electron chi connectivity index (χ1n) is 9.57. The predicted molar refractivity (Wildman–Crippen MR) is 117 cm³/mol. The lowest BCUT2D eigenvalue weighted by Crippen LogP contribution is -2.43. The summed E-state index contributed by atoms with van der Waals surface area (Å²) in [6.07, 6.45) is 0.684. The van der Waals surface area contributed by atoms with Gasteiger partial charge in [-0.1, -0.05) is 12.1 Å². The summed E-state index contributed by atoms with van der Waals surface area (Å²) in [6.45, 7) is 1.51. The molecule has 0 bridgehead atoms. The number of ether oxygens (including phenoxy) is 1. The predicted octanol–water partition coefficient (Wildman–Crippen LogP) is 2.87. The lowest BCUT2D eigenvalue weighted by molar-refractivity contribution is -0.130. The van der Waals surface area contributed by atoms with Gasteiger partial charge in [0.1, 0.15) is 11.3 Å². The zero-order chi connectivity index (χ0) is 21.8. The molecule has 4 aromatic rings. The largest absolute Gasteiger partial charge is 0.484 e. The van der Waals surface area contributed by atoms with Gasteiger partial charge in [-0.15, -0.1) is 11.3 Å². The number of carbonyl (C=O) groups excluding carboxylic acids is 2. The van der Waals surface area contributed by atoms with E-state index in [9.17, 15) is 14.4 Å². The van der Waals surface area contributed by atoms with Gasteiger partial charge in [-0.3, -0.25) is 20.4 Å². The highest BCUT2D eigenvalue weighted by molar-refractivity contribution is 7.18. The van der Waals surface area contributed by atoms with Crippen molar-refractivity contribution in [2.24, 2.45) is 0 Å². The van der Waals surface area contributed by atoms with Crippen LogP contribution in [0, 0.1) is 6.92 Å². The number of aryl methyl sites for hydroxylation is 2. The van der Waals surface area contributed by atoms with Gasteiger partial charge < -0.3 is 9.15 Å². The van der Waals surface area contributed by atoms with Crippen LogP contribution in [0.4, 0.5) is 0 Å². The smallest absolute Gasteiger partial charge is 0.336 e. The molecule has 31 heavy (non-hydrogen) atoms. The normalized spacial score (nSPS) is 10.9. The second-order valence-corrected chi connectivity index (χ2v) is 7.98. The zero-order valence-electron chi connectivity index (χ0n) is 16.6. The van der Waals surface area contributed by atoms with Crippen LogP contribution in [-0.2, 0) is 16.0 Å². The second kappa shape index (κ2) is 8.97. The van der Waals surface area contributed by atoms with Crippen molar-refractivity contribution in [2.75, 3.05) is 6.61 Å². The van der Waals surface area contributed by atoms with Crippen molar-refractivity contribution >= 4 is 44.3 Å². The number of aromatic nitrogens is 1. The SMILES string of the molecule is Cc1cc(=O)oc2cc(OCC(=O)NNC(=O)CCc3nc4ccccc4s3)ccc12. The highest BCUT2D eigenvalue weighted by Gasteiger charge is 2.10. The number of nitrogens with one attached hydrogen (secondary N) is 2. The standard InChI is InChI=1S/C22H19N3O5S/c1-13-10-22(28)30-17-11-14(6-7-15(13)17)29-12-20(27)25-24-19(26)8-9-21-23-16-4-2-3-5-18(16)31-21/h2-7,10-11H,8-9,12H2,1H3,(H,24,26)(H,25,27). The molecular weight excluding hydrogens is 418 g/mol. The van der Waals surface area contributed by atoms with Crippen LogP contribution in [0.25, 0.3) is 21.2 Å². The number of rotatable bonds is 6. The number of hydrogen-bond donors (Lipinski definition) is 2. The maximum atomic E-state index is 12.0. The number of hydrazine groups is 1. The summed E-state index contributed by atoms with van der Waals surface area (Å²) in [5.74, 6) is -0.465. The first-order valence-corrected chi connectivity index (χ1v) is 10.4. The average molecular weight is 437 g/mol. The fraction of sp³-hybridized carbons (Fsp3) is 0.182. The summed E-state index contributed by atoms with van der Waals surface area (Å²) in [6, 6.07) is 14.2. The highest BCUT2D eigenvalue weighted by Crippen LogP contribution is 2.23. The number of nitrogens with zero attached hydrogens (tertiary/aromatic N) is 1. The fourth-order valence-corrected chi connectivity index (χ4v) is 4.00. The first-order chi connectivity index (χ1) is 15.0. The molecule has 0 fully saturated rings. The minimum absolute atomic E-state index is 0.198. The summed E-state index contributed by atoms with van der Waals surface area (Å²) >= 11 is 1.55. The van der Waals surface area contributed by atoms with Crippen molar-refractivity contribution in [3.63, 3.8) is 0 Å². The van der Waals surface area contributed by atoms with Crippen LogP contribution in [-0.4, -0.2) is 23.4 Å². The molecule has 8 nitrogen and oxygen atoms in total. The third kappa shape index (κ3) is 5.07. The molecule has 4 rings (SSSR count). The van der Waals surface area contributed by atoms with Crippen molar-refractivity contribution in [2.45, 2.75) is 19.8 Å². The topological polar surface area (TPSA) is 111 Å². The number of benzene rings is 2. The molecule has 0 saturated heterocycles. The Kier molecular flexibility index (Phi) is 5.94. The van der Waals surface area contributed by atoms with Crippen LogP contribution in [0.15, 0.2) is 57.7 Å². The van der Waals surface area contributed by atoms with Crippen molar-refractivity contribution in [3.05, 3.63) is 69.5 Å². The molecule has 0 unspecified atom stereocenters. The summed E-state index contributed by atoms with van der Waals surface area (Å²) in [5.41, 5.74) is 6.32. The van der Waals surface area contributed by atoms with Gasteiger partial charge in [-0.25, -0.2) is 9.78 Å². The van der Waals surface area contributed by atoms with E-state index in [0.717, 1.165) is 26.2 Å². The number of amides is 2. The Balaban J connectivity index is 1.24. The molecule has 158 valence electrons. The number of para-hydroxylation sites is 1. The molecule has 2 heterocycles. The summed E-state index contributed by atoms with van der Waals surface area (Å²) < 4.78 is 11.6. The quantitative estimate of drug-likeness (QED) is 0.355. The molecule has 2 amide bonds. The summed E-state index contributed by atoms with van der Waals surface area (Å²) in [4.78, 5) is 39.9. The average Bonchev–Trinajstić information content (AvgIpc) is 3.17. The lowest BCUT2D eigenvalue weighted by Gasteiger charge is -2.09. The Hall–Kier alpha value is -3.72. The Morgan fingerprint density at radius 3 is 2.74 bits per heavy atom. The van der Waals surface area contributed by atoms with Crippen molar-refractivity contribution in [1.82, 2.24) is 15.8 Å². The van der Waals surface area contributed by atoms with E-state index in [1.165, 1.54) is 6.07 Å². The molecular formula is C22H19N3O5S. The van der Waals surface area contributed by atoms with E-state index in [-0.39, 0.29) is 18.9 Å². The van der Waals surface area contributed by atoms with E-state index in [1.54, 1.807) is 29.5 Å². The van der Waals surface area contributed by atoms with E-state index < -0.39 is 11.5 Å². The molecule has 0 aliphatic heterocycles. The van der Waals surface area contributed by atoms with E-state index in [0.29, 0.717) is 17.8 Å². The van der Waals surface area contributed by atoms with Gasteiger partial charge in [0.05, 0.1) is 15.2 Å². The molecule has 0 saturated carbocycles. The van der Waals surface area contributed by atoms with Crippen LogP contribution in [0.2, 0.25) is 0 Å². The number of hydrogen-bond acceptors (Lipinski definition) is 7. The number of thiazole rings is 1. The maximum absolute atomic E-state index is 12.0. The Morgan fingerprint density at radius 1 is 1.10 bits per heavy atom. The van der Waals surface area contributed by atoms with Crippen molar-refractivity contribution < 1.29 is 18.7 Å². The molecule has 0 spiro atoms. The Labute approximate surface area is 180 Å². The Morgan fingerprint density at radius 2 is 1.90 bits per heavy atom. The maximum Gasteiger partial charge on any atom is 0.336 e. The summed E-state index contributed by atoms with van der Waals surface area (Å²) in [7, 11) is 0. The molecule has 0 atom stereocenters. The molecule has 2 N–H and O–H groups in total. The minimum Gasteiger partial charge on any atom is -0.484 e. The summed E-state index contributed by atoms with van der Waals surface area (Å²) in [5, 5.41) is 1.65. The molecule has 2 aromatic carbocycles. The zero-order valence-corrected chi connectivity index (χ0v) is 17.5. The van der Waals surface area contributed by atoms with Crippen LogP contribution in [0.3, 0.4) is 0 Å². The van der Waals surface area contributed by atoms with Gasteiger partial charge in [-0.2, -0.15) is 0 Å². The van der Waals surface area contributed by atoms with Gasteiger partial charge in [0, 0.05) is 30.4 Å². The van der Waals surface area contributed by atoms with E-state index in [1.807, 2.05) is 31.2 Å². The molecule has 0 aliphatic rings. The fourth-order valence-electron chi connectivity index (χ4n) is 3.03. The van der Waals surface area contributed by atoms with Gasteiger partial charge in [0.15, 0.2) is 6.61 Å². The molecule has 0 radical (unpaired) electrons. The van der Waals surface area contributed by atoms with Crippen LogP contribution >= 0.6 is 11.3 Å². The van der Waals surface area contributed by atoms with Crippen molar-refractivity contribution in [3.8, 4) is 5.75 Å². The monoisotopic (exact) mass is 437 g/mol. The van der Waals surface area contributed by atoms with E-state index >= 15 is 0 Å². The third-order valence-electron chi connectivity index (χ3n) is 4.54. The van der Waals surface area contributed by atoms with Gasteiger partial charge in [0.25, 0.3) is 5.91 Å².